The summed E-state index contributed by atoms with van der Waals surface area (Å²) in [5.41, 5.74) is 2.22. The van der Waals surface area contributed by atoms with Gasteiger partial charge >= 0.3 is 5.97 Å². The number of anilines is 1. The Labute approximate surface area is 149 Å². The van der Waals surface area contributed by atoms with Crippen molar-refractivity contribution in [3.63, 3.8) is 0 Å². The molecule has 0 saturated heterocycles. The maximum Gasteiger partial charge on any atom is 0.338 e. The van der Waals surface area contributed by atoms with E-state index >= 15 is 0 Å². The standard InChI is InChI=1S/C16H17ClN4O2S/c1-4-11-12(14(22)23-2)13(9-5-7-10(17)8-6-9)21-15(18-11)19-16(20-21)24-3/h5-8,13H,4H2,1-3H3,(H,18,19,20)/t13-/m0/s1. The summed E-state index contributed by atoms with van der Waals surface area (Å²) in [6.45, 7) is 1.98. The second kappa shape index (κ2) is 6.86. The Morgan fingerprint density at radius 1 is 1.42 bits per heavy atom. The van der Waals surface area contributed by atoms with Crippen LogP contribution in [0.15, 0.2) is 40.7 Å². The molecule has 8 heteroatoms. The summed E-state index contributed by atoms with van der Waals surface area (Å²) < 4.78 is 6.74. The highest BCUT2D eigenvalue weighted by atomic mass is 35.5. The minimum atomic E-state index is -0.408. The van der Waals surface area contributed by atoms with Crippen molar-refractivity contribution in [2.24, 2.45) is 0 Å². The molecule has 0 fully saturated rings. The highest BCUT2D eigenvalue weighted by Gasteiger charge is 2.35. The van der Waals surface area contributed by atoms with Crippen LogP contribution in [0.2, 0.25) is 5.02 Å². The number of esters is 1. The summed E-state index contributed by atoms with van der Waals surface area (Å²) in [5.74, 6) is 0.231. The van der Waals surface area contributed by atoms with Crippen LogP contribution >= 0.6 is 23.4 Å². The van der Waals surface area contributed by atoms with Gasteiger partial charge in [0.25, 0.3) is 0 Å². The summed E-state index contributed by atoms with van der Waals surface area (Å²) in [4.78, 5) is 16.9. The number of hydrogen-bond acceptors (Lipinski definition) is 6. The molecule has 0 radical (unpaired) electrons. The Morgan fingerprint density at radius 2 is 2.12 bits per heavy atom. The maximum absolute atomic E-state index is 12.5. The normalized spacial score (nSPS) is 16.6. The lowest BCUT2D eigenvalue weighted by Gasteiger charge is -2.28. The number of thioether (sulfide) groups is 1. The molecule has 1 aromatic carbocycles. The van der Waals surface area contributed by atoms with E-state index in [9.17, 15) is 4.79 Å². The van der Waals surface area contributed by atoms with Crippen LogP contribution in [-0.4, -0.2) is 34.1 Å². The number of nitrogens with zero attached hydrogens (tertiary/aromatic N) is 3. The third-order valence-electron chi connectivity index (χ3n) is 3.84. The van der Waals surface area contributed by atoms with Crippen LogP contribution in [0.4, 0.5) is 5.95 Å². The molecular weight excluding hydrogens is 348 g/mol. The Balaban J connectivity index is 2.21. The number of benzene rings is 1. The van der Waals surface area contributed by atoms with Gasteiger partial charge in [-0.3, -0.25) is 0 Å². The molecule has 0 bridgehead atoms. The van der Waals surface area contributed by atoms with Crippen molar-refractivity contribution < 1.29 is 9.53 Å². The molecule has 0 amide bonds. The molecule has 1 aliphatic heterocycles. The minimum absolute atomic E-state index is 0.383. The van der Waals surface area contributed by atoms with Crippen molar-refractivity contribution in [2.45, 2.75) is 24.5 Å². The third kappa shape index (κ3) is 2.89. The second-order valence-electron chi connectivity index (χ2n) is 5.18. The van der Waals surface area contributed by atoms with Gasteiger partial charge in [-0.15, -0.1) is 5.10 Å². The first-order valence-electron chi connectivity index (χ1n) is 7.43. The maximum atomic E-state index is 12.5. The Kier molecular flexibility index (Phi) is 4.82. The topological polar surface area (TPSA) is 69.0 Å². The number of aromatic nitrogens is 3. The van der Waals surface area contributed by atoms with Crippen LogP contribution in [0, 0.1) is 0 Å². The lowest BCUT2D eigenvalue weighted by atomic mass is 9.95. The van der Waals surface area contributed by atoms with Gasteiger partial charge in [0, 0.05) is 10.7 Å². The monoisotopic (exact) mass is 364 g/mol. The van der Waals surface area contributed by atoms with Crippen molar-refractivity contribution in [1.82, 2.24) is 14.8 Å². The summed E-state index contributed by atoms with van der Waals surface area (Å²) in [6, 6.07) is 6.96. The Hall–Kier alpha value is -1.99. The first-order chi connectivity index (χ1) is 11.6. The minimum Gasteiger partial charge on any atom is -0.466 e. The number of fused-ring (bicyclic) bond motifs is 1. The van der Waals surface area contributed by atoms with Crippen molar-refractivity contribution >= 4 is 35.3 Å². The van der Waals surface area contributed by atoms with E-state index in [1.54, 1.807) is 16.8 Å². The number of carbonyl (C=O) groups is 1. The van der Waals surface area contributed by atoms with Crippen LogP contribution in [0.25, 0.3) is 0 Å². The van der Waals surface area contributed by atoms with Gasteiger partial charge in [-0.05, 0) is 30.4 Å². The number of hydrogen-bond donors (Lipinski definition) is 1. The molecule has 1 aliphatic rings. The van der Waals surface area contributed by atoms with Gasteiger partial charge in [0.05, 0.1) is 12.7 Å². The lowest BCUT2D eigenvalue weighted by Crippen LogP contribution is -2.30. The van der Waals surface area contributed by atoms with E-state index in [0.29, 0.717) is 28.1 Å². The number of rotatable bonds is 4. The first kappa shape index (κ1) is 16.9. The molecule has 0 spiro atoms. The van der Waals surface area contributed by atoms with E-state index < -0.39 is 6.04 Å². The summed E-state index contributed by atoms with van der Waals surface area (Å²) in [5, 5.41) is 8.99. The molecule has 0 unspecified atom stereocenters. The van der Waals surface area contributed by atoms with E-state index in [-0.39, 0.29) is 5.97 Å². The molecule has 6 nitrogen and oxygen atoms in total. The Morgan fingerprint density at radius 3 is 2.71 bits per heavy atom. The molecule has 2 aromatic rings. The predicted molar refractivity (Wildman–Crippen MR) is 94.3 cm³/mol. The van der Waals surface area contributed by atoms with Crippen molar-refractivity contribution in [2.75, 3.05) is 18.7 Å². The van der Waals surface area contributed by atoms with Crippen LogP contribution in [0.5, 0.6) is 0 Å². The van der Waals surface area contributed by atoms with Gasteiger partial charge in [-0.25, -0.2) is 9.48 Å². The number of methoxy groups -OCH3 is 1. The first-order valence-corrected chi connectivity index (χ1v) is 9.03. The van der Waals surface area contributed by atoms with E-state index in [2.05, 4.69) is 15.4 Å². The fourth-order valence-electron chi connectivity index (χ4n) is 2.72. The number of ether oxygens (including phenoxy) is 1. The highest BCUT2D eigenvalue weighted by Crippen LogP contribution is 2.37. The van der Waals surface area contributed by atoms with Crippen LogP contribution < -0.4 is 5.32 Å². The average Bonchev–Trinajstić information content (AvgIpc) is 3.03. The Bertz CT molecular complexity index is 801. The zero-order valence-electron chi connectivity index (χ0n) is 13.5. The summed E-state index contributed by atoms with van der Waals surface area (Å²) in [6.07, 6.45) is 2.56. The van der Waals surface area contributed by atoms with Crippen molar-refractivity contribution in [3.8, 4) is 0 Å². The number of halogens is 1. The fraction of sp³-hybridized carbons (Fsp3) is 0.312. The van der Waals surface area contributed by atoms with Gasteiger partial charge in [0.2, 0.25) is 11.1 Å². The van der Waals surface area contributed by atoms with Gasteiger partial charge in [-0.1, -0.05) is 42.4 Å². The van der Waals surface area contributed by atoms with Crippen LogP contribution in [0.3, 0.4) is 0 Å². The molecule has 126 valence electrons. The fourth-order valence-corrected chi connectivity index (χ4v) is 3.19. The number of carbonyl (C=O) groups excluding carboxylic acids is 1. The number of nitrogens with one attached hydrogen (secondary N) is 1. The third-order valence-corrected chi connectivity index (χ3v) is 4.63. The summed E-state index contributed by atoms with van der Waals surface area (Å²) in [7, 11) is 1.38. The molecule has 1 aromatic heterocycles. The van der Waals surface area contributed by atoms with Gasteiger partial charge in [0.15, 0.2) is 0 Å². The van der Waals surface area contributed by atoms with Crippen molar-refractivity contribution in [3.05, 3.63) is 46.1 Å². The van der Waals surface area contributed by atoms with Gasteiger partial charge < -0.3 is 10.1 Å². The average molecular weight is 365 g/mol. The second-order valence-corrected chi connectivity index (χ2v) is 6.39. The van der Waals surface area contributed by atoms with E-state index in [4.69, 9.17) is 16.3 Å². The van der Waals surface area contributed by atoms with E-state index in [1.807, 2.05) is 25.3 Å². The summed E-state index contributed by atoms with van der Waals surface area (Å²) >= 11 is 7.45. The number of allylic oxidation sites excluding steroid dienone is 1. The molecule has 3 rings (SSSR count). The van der Waals surface area contributed by atoms with Crippen LogP contribution in [-0.2, 0) is 9.53 Å². The zero-order chi connectivity index (χ0) is 17.3. The van der Waals surface area contributed by atoms with E-state index in [0.717, 1.165) is 11.3 Å². The largest absolute Gasteiger partial charge is 0.466 e. The molecular formula is C16H17ClN4O2S. The molecule has 1 N–H and O–H groups in total. The smallest absolute Gasteiger partial charge is 0.338 e. The highest BCUT2D eigenvalue weighted by molar-refractivity contribution is 7.98. The molecule has 2 heterocycles. The lowest BCUT2D eigenvalue weighted by molar-refractivity contribution is -0.136. The van der Waals surface area contributed by atoms with Gasteiger partial charge in [0.1, 0.15) is 6.04 Å². The quantitative estimate of drug-likeness (QED) is 0.661. The zero-order valence-corrected chi connectivity index (χ0v) is 15.1. The molecule has 24 heavy (non-hydrogen) atoms. The van der Waals surface area contributed by atoms with Crippen LogP contribution in [0.1, 0.15) is 24.9 Å². The molecule has 1 atom stereocenters. The molecule has 0 aliphatic carbocycles. The van der Waals surface area contributed by atoms with E-state index in [1.165, 1.54) is 18.9 Å². The van der Waals surface area contributed by atoms with Crippen molar-refractivity contribution in [1.29, 1.82) is 0 Å². The SMILES string of the molecule is CCC1=C(C(=O)OC)[C@H](c2ccc(Cl)cc2)n2nc(SC)nc2N1. The van der Waals surface area contributed by atoms with Gasteiger partial charge in [-0.2, -0.15) is 4.98 Å². The molecule has 0 saturated carbocycles. The predicted octanol–water partition coefficient (Wildman–Crippen LogP) is 3.51.